The van der Waals surface area contributed by atoms with Crippen LogP contribution in [-0.4, -0.2) is 36.2 Å². The summed E-state index contributed by atoms with van der Waals surface area (Å²) in [6.07, 6.45) is 5.07. The topological polar surface area (TPSA) is 49.4 Å². The number of benzene rings is 2. The lowest BCUT2D eigenvalue weighted by atomic mass is 9.80. The van der Waals surface area contributed by atoms with Gasteiger partial charge in [0, 0.05) is 21.9 Å². The van der Waals surface area contributed by atoms with Crippen LogP contribution in [0.15, 0.2) is 66.0 Å². The van der Waals surface area contributed by atoms with Crippen molar-refractivity contribution >= 4 is 23.0 Å². The van der Waals surface area contributed by atoms with Gasteiger partial charge in [-0.3, -0.25) is 9.59 Å². The number of nitrogens with one attached hydrogen (secondary N) is 1. The van der Waals surface area contributed by atoms with Gasteiger partial charge in [-0.1, -0.05) is 42.5 Å². The molecule has 5 heteroatoms. The molecule has 0 saturated carbocycles. The van der Waals surface area contributed by atoms with Gasteiger partial charge in [-0.25, -0.2) is 0 Å². The molecule has 1 saturated heterocycles. The van der Waals surface area contributed by atoms with E-state index in [0.29, 0.717) is 18.0 Å². The van der Waals surface area contributed by atoms with E-state index in [-0.39, 0.29) is 17.6 Å². The molecule has 1 N–H and O–H groups in total. The Bertz CT molecular complexity index is 1120. The van der Waals surface area contributed by atoms with E-state index in [9.17, 15) is 9.59 Å². The third kappa shape index (κ3) is 5.31. The zero-order valence-corrected chi connectivity index (χ0v) is 20.4. The van der Waals surface area contributed by atoms with E-state index < -0.39 is 0 Å². The van der Waals surface area contributed by atoms with Crippen molar-refractivity contribution in [2.24, 2.45) is 5.92 Å². The first kappa shape index (κ1) is 23.0. The molecule has 1 aromatic heterocycles. The average Bonchev–Trinajstić information content (AvgIpc) is 3.41. The lowest BCUT2D eigenvalue weighted by molar-refractivity contribution is 0.0875. The molecule has 1 aliphatic heterocycles. The molecule has 0 bridgehead atoms. The van der Waals surface area contributed by atoms with E-state index in [1.165, 1.54) is 18.4 Å². The fourth-order valence-electron chi connectivity index (χ4n) is 5.37. The highest BCUT2D eigenvalue weighted by molar-refractivity contribution is 7.09. The molecule has 176 valence electrons. The first-order chi connectivity index (χ1) is 16.7. The van der Waals surface area contributed by atoms with Gasteiger partial charge < -0.3 is 10.2 Å². The number of piperidine rings is 1. The number of likely N-dealkylation sites (tertiary alicyclic amines) is 1. The molecular formula is C29H32N2O2S. The molecule has 2 aromatic carbocycles. The number of carbonyl (C=O) groups excluding carboxylic acids is 2. The highest BCUT2D eigenvalue weighted by Gasteiger charge is 2.29. The van der Waals surface area contributed by atoms with Gasteiger partial charge in [0.05, 0.1) is 6.54 Å². The van der Waals surface area contributed by atoms with Crippen LogP contribution in [0.4, 0.5) is 0 Å². The van der Waals surface area contributed by atoms with Gasteiger partial charge in [0.25, 0.3) is 5.91 Å². The highest BCUT2D eigenvalue weighted by Crippen LogP contribution is 2.31. The second-order valence-corrected chi connectivity index (χ2v) is 10.6. The molecule has 0 radical (unpaired) electrons. The van der Waals surface area contributed by atoms with Gasteiger partial charge in [0.2, 0.25) is 0 Å². The maximum atomic E-state index is 13.2. The molecule has 34 heavy (non-hydrogen) atoms. The maximum Gasteiger partial charge on any atom is 0.251 e. The number of fused-ring (bicyclic) bond motifs is 1. The van der Waals surface area contributed by atoms with Crippen LogP contribution in [-0.2, 0) is 13.0 Å². The van der Waals surface area contributed by atoms with Crippen LogP contribution in [0.25, 0.3) is 0 Å². The molecule has 1 atom stereocenters. The summed E-state index contributed by atoms with van der Waals surface area (Å²) >= 11 is 1.63. The van der Waals surface area contributed by atoms with Crippen molar-refractivity contribution in [1.82, 2.24) is 10.2 Å². The Hall–Kier alpha value is -2.76. The van der Waals surface area contributed by atoms with Gasteiger partial charge in [0.1, 0.15) is 0 Å². The van der Waals surface area contributed by atoms with Crippen LogP contribution in [0.1, 0.15) is 68.3 Å². The molecule has 2 heterocycles. The van der Waals surface area contributed by atoms with Crippen molar-refractivity contribution in [3.8, 4) is 0 Å². The van der Waals surface area contributed by atoms with E-state index in [2.05, 4.69) is 40.5 Å². The van der Waals surface area contributed by atoms with Crippen LogP contribution >= 0.6 is 11.3 Å². The number of thiophene rings is 1. The first-order valence-corrected chi connectivity index (χ1v) is 13.3. The Morgan fingerprint density at radius 1 is 1.00 bits per heavy atom. The normalized spacial score (nSPS) is 19.1. The van der Waals surface area contributed by atoms with Crippen molar-refractivity contribution in [2.75, 3.05) is 19.6 Å². The van der Waals surface area contributed by atoms with Gasteiger partial charge >= 0.3 is 0 Å². The summed E-state index contributed by atoms with van der Waals surface area (Å²) in [6.45, 7) is 3.76. The summed E-state index contributed by atoms with van der Waals surface area (Å²) < 4.78 is 0. The lowest BCUT2D eigenvalue weighted by Crippen LogP contribution is -2.35. The summed E-state index contributed by atoms with van der Waals surface area (Å²) in [7, 11) is 0. The maximum absolute atomic E-state index is 13.2. The molecule has 1 aliphatic carbocycles. The van der Waals surface area contributed by atoms with Crippen molar-refractivity contribution < 1.29 is 9.59 Å². The third-order valence-corrected chi connectivity index (χ3v) is 8.30. The lowest BCUT2D eigenvalue weighted by Gasteiger charge is -2.33. The van der Waals surface area contributed by atoms with Crippen molar-refractivity contribution in [2.45, 2.75) is 44.6 Å². The third-order valence-electron chi connectivity index (χ3n) is 7.42. The second-order valence-electron chi connectivity index (χ2n) is 9.55. The minimum atomic E-state index is -0.0790. The number of aryl methyl sites for hydroxylation is 1. The number of ketones is 1. The first-order valence-electron chi connectivity index (χ1n) is 12.4. The summed E-state index contributed by atoms with van der Waals surface area (Å²) in [5.41, 5.74) is 3.94. The number of amides is 1. The van der Waals surface area contributed by atoms with E-state index in [1.807, 2.05) is 29.6 Å². The number of rotatable bonds is 7. The summed E-state index contributed by atoms with van der Waals surface area (Å²) in [5.74, 6) is 0.936. The number of nitrogens with zero attached hydrogens (tertiary/aromatic N) is 1. The largest absolute Gasteiger partial charge is 0.347 e. The summed E-state index contributed by atoms with van der Waals surface area (Å²) in [5, 5.41) is 4.99. The molecule has 1 unspecified atom stereocenters. The van der Waals surface area contributed by atoms with E-state index in [4.69, 9.17) is 0 Å². The van der Waals surface area contributed by atoms with Crippen LogP contribution in [0.3, 0.4) is 0 Å². The molecule has 0 spiro atoms. The van der Waals surface area contributed by atoms with Gasteiger partial charge in [-0.15, -0.1) is 11.3 Å². The molecule has 2 aliphatic rings. The van der Waals surface area contributed by atoms with Gasteiger partial charge in [-0.05, 0) is 92.4 Å². The van der Waals surface area contributed by atoms with Crippen molar-refractivity contribution in [3.63, 3.8) is 0 Å². The zero-order chi connectivity index (χ0) is 23.3. The van der Waals surface area contributed by atoms with E-state index in [0.717, 1.165) is 54.9 Å². The smallest absolute Gasteiger partial charge is 0.251 e. The molecule has 1 fully saturated rings. The number of Topliss-reactive ketones (excluding diaryl/α,β-unsaturated/α-hetero) is 1. The Kier molecular flexibility index (Phi) is 7.21. The molecule has 3 aromatic rings. The monoisotopic (exact) mass is 472 g/mol. The molecular weight excluding hydrogens is 440 g/mol. The Morgan fingerprint density at radius 3 is 2.59 bits per heavy atom. The number of carbonyl (C=O) groups is 2. The van der Waals surface area contributed by atoms with E-state index >= 15 is 0 Å². The Balaban J connectivity index is 1.12. The van der Waals surface area contributed by atoms with Crippen molar-refractivity contribution in [3.05, 3.63) is 93.2 Å². The van der Waals surface area contributed by atoms with Gasteiger partial charge in [-0.2, -0.15) is 0 Å². The van der Waals surface area contributed by atoms with Crippen LogP contribution in [0, 0.1) is 5.92 Å². The summed E-state index contributed by atoms with van der Waals surface area (Å²) in [4.78, 5) is 29.4. The second kappa shape index (κ2) is 10.7. The predicted octanol–water partition coefficient (Wildman–Crippen LogP) is 5.69. The molecule has 5 rings (SSSR count). The summed E-state index contributed by atoms with van der Waals surface area (Å²) in [6, 6.07) is 20.4. The van der Waals surface area contributed by atoms with Gasteiger partial charge in [0.15, 0.2) is 5.78 Å². The van der Waals surface area contributed by atoms with Crippen LogP contribution in [0.2, 0.25) is 0 Å². The van der Waals surface area contributed by atoms with E-state index in [1.54, 1.807) is 17.4 Å². The number of hydrogen-bond acceptors (Lipinski definition) is 4. The fourth-order valence-corrected chi connectivity index (χ4v) is 6.02. The zero-order valence-electron chi connectivity index (χ0n) is 19.5. The predicted molar refractivity (Wildman–Crippen MR) is 138 cm³/mol. The highest BCUT2D eigenvalue weighted by atomic mass is 32.1. The Labute approximate surface area is 206 Å². The Morgan fingerprint density at radius 2 is 1.82 bits per heavy atom. The minimum absolute atomic E-state index is 0.0790. The molecule has 1 amide bonds. The quantitative estimate of drug-likeness (QED) is 0.480. The standard InChI is InChI=1S/C29H32N2O2S/c32-28-23(14-17-31-15-12-22(13-16-31)21-5-2-1-3-6-21)8-9-24-19-25(10-11-27(24)28)29(33)30-20-26-7-4-18-34-26/h1-7,10-11,18-19,22-23H,8-9,12-17,20H2,(H,30,33). The number of hydrogen-bond donors (Lipinski definition) is 1. The van der Waals surface area contributed by atoms with Crippen LogP contribution < -0.4 is 5.32 Å². The minimum Gasteiger partial charge on any atom is -0.347 e. The molecule has 4 nitrogen and oxygen atoms in total. The average molecular weight is 473 g/mol. The van der Waals surface area contributed by atoms with Crippen LogP contribution in [0.5, 0.6) is 0 Å². The SMILES string of the molecule is O=C(NCc1cccs1)c1ccc2c(c1)CCC(CCN1CCC(c3ccccc3)CC1)C2=O. The fraction of sp³-hybridized carbons (Fsp3) is 0.379. The van der Waals surface area contributed by atoms with Crippen molar-refractivity contribution in [1.29, 1.82) is 0 Å².